The molecule has 60 heavy (non-hydrogen) atoms. The minimum absolute atomic E-state index is 0.712. The van der Waals surface area contributed by atoms with Crippen molar-refractivity contribution in [3.05, 3.63) is 206 Å². The van der Waals surface area contributed by atoms with Crippen molar-refractivity contribution in [3.63, 3.8) is 0 Å². The van der Waals surface area contributed by atoms with Gasteiger partial charge in [-0.1, -0.05) is 146 Å². The summed E-state index contributed by atoms with van der Waals surface area (Å²) in [6, 6.07) is 74.4. The van der Waals surface area contributed by atoms with Gasteiger partial charge < -0.3 is 9.13 Å². The fourth-order valence-electron chi connectivity index (χ4n) is 9.87. The SMILES string of the molecule is c1ccc(-c2nc(-c3ccc(-n4c5ccccc5c5c4ccc4c6ccccc6n(-c6ccc7c8ccccc8c8ccccc8c7c6)c45)cc3)nc3ccccc23)cc1. The lowest BCUT2D eigenvalue weighted by Gasteiger charge is -2.14. The smallest absolute Gasteiger partial charge is 0.160 e. The van der Waals surface area contributed by atoms with E-state index in [0.29, 0.717) is 5.82 Å². The predicted octanol–water partition coefficient (Wildman–Crippen LogP) is 14.6. The Balaban J connectivity index is 1.04. The number of fused-ring (bicyclic) bond motifs is 14. The molecule has 0 atom stereocenters. The van der Waals surface area contributed by atoms with Crippen molar-refractivity contribution in [1.29, 1.82) is 0 Å². The Bertz CT molecular complexity index is 3840. The summed E-state index contributed by atoms with van der Waals surface area (Å²) in [5.41, 5.74) is 10.9. The van der Waals surface area contributed by atoms with Crippen LogP contribution in [0.15, 0.2) is 206 Å². The number of hydrogen-bond donors (Lipinski definition) is 0. The average molecular weight is 763 g/mol. The van der Waals surface area contributed by atoms with Gasteiger partial charge in [-0.25, -0.2) is 9.97 Å². The maximum Gasteiger partial charge on any atom is 0.160 e. The Labute approximate surface area is 344 Å². The first kappa shape index (κ1) is 32.9. The molecule has 0 amide bonds. The third kappa shape index (κ3) is 4.73. The molecule has 0 radical (unpaired) electrons. The van der Waals surface area contributed by atoms with E-state index >= 15 is 0 Å². The zero-order valence-electron chi connectivity index (χ0n) is 32.4. The quantitative estimate of drug-likeness (QED) is 0.167. The van der Waals surface area contributed by atoms with Crippen molar-refractivity contribution in [2.24, 2.45) is 0 Å². The number of benzene rings is 10. The van der Waals surface area contributed by atoms with Crippen LogP contribution < -0.4 is 0 Å². The van der Waals surface area contributed by atoms with Crippen LogP contribution in [0, 0.1) is 0 Å². The molecule has 0 N–H and O–H groups in total. The maximum atomic E-state index is 5.16. The first-order chi connectivity index (χ1) is 29.8. The Kier molecular flexibility index (Phi) is 6.98. The fourth-order valence-corrected chi connectivity index (χ4v) is 9.87. The lowest BCUT2D eigenvalue weighted by molar-refractivity contribution is 1.17. The van der Waals surface area contributed by atoms with E-state index in [1.54, 1.807) is 0 Å². The van der Waals surface area contributed by atoms with Gasteiger partial charge in [0.1, 0.15) is 0 Å². The van der Waals surface area contributed by atoms with Crippen LogP contribution in [0.3, 0.4) is 0 Å². The summed E-state index contributed by atoms with van der Waals surface area (Å²) in [6.07, 6.45) is 0. The Morgan fingerprint density at radius 3 is 1.55 bits per heavy atom. The molecule has 4 heteroatoms. The molecule has 13 aromatic rings. The van der Waals surface area contributed by atoms with Crippen LogP contribution in [0.4, 0.5) is 0 Å². The summed E-state index contributed by atoms with van der Waals surface area (Å²) in [5, 5.41) is 13.6. The van der Waals surface area contributed by atoms with Gasteiger partial charge in [0.15, 0.2) is 5.82 Å². The molecule has 0 bridgehead atoms. The molecule has 3 aromatic heterocycles. The topological polar surface area (TPSA) is 35.6 Å². The van der Waals surface area contributed by atoms with Crippen LogP contribution in [0.2, 0.25) is 0 Å². The highest BCUT2D eigenvalue weighted by molar-refractivity contribution is 6.28. The van der Waals surface area contributed by atoms with Gasteiger partial charge in [-0.2, -0.15) is 0 Å². The summed E-state index contributed by atoms with van der Waals surface area (Å²) < 4.78 is 4.91. The summed E-state index contributed by atoms with van der Waals surface area (Å²) in [5.74, 6) is 0.712. The number of aromatic nitrogens is 4. The molecule has 0 aliphatic rings. The van der Waals surface area contributed by atoms with E-state index in [4.69, 9.17) is 9.97 Å². The van der Waals surface area contributed by atoms with Gasteiger partial charge in [0, 0.05) is 49.4 Å². The maximum absolute atomic E-state index is 5.16. The van der Waals surface area contributed by atoms with Gasteiger partial charge in [0.2, 0.25) is 0 Å². The van der Waals surface area contributed by atoms with E-state index in [0.717, 1.165) is 50.1 Å². The molecule has 13 rings (SSSR count). The van der Waals surface area contributed by atoms with Crippen LogP contribution in [-0.2, 0) is 0 Å². The van der Waals surface area contributed by atoms with Crippen LogP contribution in [-0.4, -0.2) is 19.1 Å². The molecular weight excluding hydrogens is 729 g/mol. The summed E-state index contributed by atoms with van der Waals surface area (Å²) in [6.45, 7) is 0. The van der Waals surface area contributed by atoms with E-state index in [-0.39, 0.29) is 0 Å². The Morgan fingerprint density at radius 2 is 0.833 bits per heavy atom. The average Bonchev–Trinajstić information content (AvgIpc) is 3.84. The minimum atomic E-state index is 0.712. The molecule has 0 saturated heterocycles. The zero-order valence-corrected chi connectivity index (χ0v) is 32.4. The van der Waals surface area contributed by atoms with E-state index < -0.39 is 0 Å². The fraction of sp³-hybridized carbons (Fsp3) is 0. The van der Waals surface area contributed by atoms with Gasteiger partial charge in [0.05, 0.1) is 33.3 Å². The number of hydrogen-bond acceptors (Lipinski definition) is 2. The number of para-hydroxylation sites is 3. The van der Waals surface area contributed by atoms with E-state index in [9.17, 15) is 0 Å². The van der Waals surface area contributed by atoms with Gasteiger partial charge in [-0.05, 0) is 93.0 Å². The molecule has 278 valence electrons. The molecule has 0 unspecified atom stereocenters. The van der Waals surface area contributed by atoms with Gasteiger partial charge in [-0.3, -0.25) is 0 Å². The highest BCUT2D eigenvalue weighted by Crippen LogP contribution is 2.43. The van der Waals surface area contributed by atoms with E-state index in [2.05, 4.69) is 203 Å². The second-order valence-electron chi connectivity index (χ2n) is 15.7. The molecule has 0 aliphatic carbocycles. The first-order valence-electron chi connectivity index (χ1n) is 20.5. The van der Waals surface area contributed by atoms with Gasteiger partial charge >= 0.3 is 0 Å². The third-order valence-electron chi connectivity index (χ3n) is 12.5. The lowest BCUT2D eigenvalue weighted by Crippen LogP contribution is -1.97. The largest absolute Gasteiger partial charge is 0.309 e. The monoisotopic (exact) mass is 762 g/mol. The van der Waals surface area contributed by atoms with Crippen molar-refractivity contribution in [1.82, 2.24) is 19.1 Å². The summed E-state index contributed by atoms with van der Waals surface area (Å²) >= 11 is 0. The van der Waals surface area contributed by atoms with E-state index in [1.807, 2.05) is 12.1 Å². The predicted molar refractivity (Wildman–Crippen MR) is 252 cm³/mol. The number of rotatable bonds is 4. The van der Waals surface area contributed by atoms with Gasteiger partial charge in [-0.15, -0.1) is 0 Å². The van der Waals surface area contributed by atoms with Crippen molar-refractivity contribution in [2.75, 3.05) is 0 Å². The van der Waals surface area contributed by atoms with Crippen molar-refractivity contribution < 1.29 is 0 Å². The van der Waals surface area contributed by atoms with Crippen LogP contribution in [0.5, 0.6) is 0 Å². The molecule has 0 aliphatic heterocycles. The van der Waals surface area contributed by atoms with Gasteiger partial charge in [0.25, 0.3) is 0 Å². The standard InChI is InChI=1S/C56H34N4/c1-2-14-35(15-3-1)54-46-21-8-11-23-49(46)57-56(58-54)36-26-28-37(29-27-36)59-51-25-13-10-22-47(51)53-52(59)33-32-45-44-20-9-12-24-50(44)60(55(45)53)38-30-31-43-41-18-5-4-16-39(41)40-17-6-7-19-42(40)48(43)34-38/h1-34H. The molecule has 10 aromatic carbocycles. The molecule has 0 saturated carbocycles. The zero-order chi connectivity index (χ0) is 39.3. The van der Waals surface area contributed by atoms with Crippen LogP contribution >= 0.6 is 0 Å². The third-order valence-corrected chi connectivity index (χ3v) is 12.5. The molecule has 0 spiro atoms. The van der Waals surface area contributed by atoms with Crippen molar-refractivity contribution >= 4 is 86.8 Å². The van der Waals surface area contributed by atoms with Crippen molar-refractivity contribution in [3.8, 4) is 34.0 Å². The molecular formula is C56H34N4. The Hall–Kier alpha value is -8.08. The highest BCUT2D eigenvalue weighted by Gasteiger charge is 2.22. The van der Waals surface area contributed by atoms with Crippen LogP contribution in [0.25, 0.3) is 121 Å². The van der Waals surface area contributed by atoms with E-state index in [1.165, 1.54) is 64.9 Å². The highest BCUT2D eigenvalue weighted by atomic mass is 15.0. The second-order valence-corrected chi connectivity index (χ2v) is 15.7. The lowest BCUT2D eigenvalue weighted by atomic mass is 9.94. The molecule has 4 nitrogen and oxygen atoms in total. The molecule has 0 fully saturated rings. The second kappa shape index (κ2) is 12.7. The normalized spacial score (nSPS) is 12.0. The summed E-state index contributed by atoms with van der Waals surface area (Å²) in [7, 11) is 0. The Morgan fingerprint density at radius 1 is 0.300 bits per heavy atom. The summed E-state index contributed by atoms with van der Waals surface area (Å²) in [4.78, 5) is 10.2. The minimum Gasteiger partial charge on any atom is -0.309 e. The van der Waals surface area contributed by atoms with Crippen LogP contribution in [0.1, 0.15) is 0 Å². The first-order valence-corrected chi connectivity index (χ1v) is 20.5. The number of nitrogens with zero attached hydrogens (tertiary/aromatic N) is 4. The molecule has 3 heterocycles. The van der Waals surface area contributed by atoms with Crippen molar-refractivity contribution in [2.45, 2.75) is 0 Å².